The zero-order valence-electron chi connectivity index (χ0n) is 8.45. The van der Waals surface area contributed by atoms with Crippen LogP contribution in [0.4, 0.5) is 0 Å². The van der Waals surface area contributed by atoms with Crippen LogP contribution in [0.5, 0.6) is 0 Å². The van der Waals surface area contributed by atoms with Crippen molar-refractivity contribution >= 4 is 29.2 Å². The van der Waals surface area contributed by atoms with Gasteiger partial charge >= 0.3 is 5.97 Å². The van der Waals surface area contributed by atoms with E-state index in [-0.39, 0.29) is 15.9 Å². The number of rotatable bonds is 4. The molecule has 0 spiro atoms. The zero-order valence-corrected chi connectivity index (χ0v) is 9.96. The van der Waals surface area contributed by atoms with E-state index in [2.05, 4.69) is 10.2 Å². The van der Waals surface area contributed by atoms with E-state index in [1.54, 1.807) is 0 Å². The molecule has 1 saturated carbocycles. The van der Waals surface area contributed by atoms with Crippen LogP contribution in [0.1, 0.15) is 29.6 Å². The first-order valence-electron chi connectivity index (χ1n) is 5.02. The normalized spacial score (nSPS) is 14.9. The van der Waals surface area contributed by atoms with Crippen molar-refractivity contribution in [2.24, 2.45) is 5.92 Å². The van der Waals surface area contributed by atoms with Crippen molar-refractivity contribution in [3.8, 4) is 0 Å². The Morgan fingerprint density at radius 3 is 2.88 bits per heavy atom. The maximum absolute atomic E-state index is 11.6. The Morgan fingerprint density at radius 2 is 2.19 bits per heavy atom. The minimum Gasteiger partial charge on any atom is -0.462 e. The minimum atomic E-state index is -0.498. The van der Waals surface area contributed by atoms with Crippen LogP contribution in [0.3, 0.4) is 0 Å². The van der Waals surface area contributed by atoms with Gasteiger partial charge in [-0.3, -0.25) is 0 Å². The SMILES string of the molecule is O=C(OCCC1CC1)c1cc(Cl)nnc1Cl. The highest BCUT2D eigenvalue weighted by Crippen LogP contribution is 2.32. The van der Waals surface area contributed by atoms with Crippen LogP contribution < -0.4 is 0 Å². The van der Waals surface area contributed by atoms with Gasteiger partial charge in [0.15, 0.2) is 10.3 Å². The first kappa shape index (κ1) is 11.6. The molecule has 1 aliphatic rings. The fourth-order valence-electron chi connectivity index (χ4n) is 1.30. The lowest BCUT2D eigenvalue weighted by Gasteiger charge is -2.04. The molecule has 1 aliphatic carbocycles. The molecule has 0 amide bonds. The third kappa shape index (κ3) is 3.06. The molecule has 16 heavy (non-hydrogen) atoms. The molecule has 1 aromatic heterocycles. The smallest absolute Gasteiger partial charge is 0.341 e. The average molecular weight is 261 g/mol. The highest BCUT2D eigenvalue weighted by Gasteiger charge is 2.22. The van der Waals surface area contributed by atoms with Gasteiger partial charge in [0.25, 0.3) is 0 Å². The van der Waals surface area contributed by atoms with Gasteiger partial charge in [0, 0.05) is 0 Å². The molecular weight excluding hydrogens is 251 g/mol. The summed E-state index contributed by atoms with van der Waals surface area (Å²) in [5.41, 5.74) is 0.164. The lowest BCUT2D eigenvalue weighted by molar-refractivity contribution is 0.0494. The van der Waals surface area contributed by atoms with E-state index in [4.69, 9.17) is 27.9 Å². The van der Waals surface area contributed by atoms with Gasteiger partial charge in [0.1, 0.15) is 5.56 Å². The second-order valence-electron chi connectivity index (χ2n) is 3.74. The van der Waals surface area contributed by atoms with E-state index < -0.39 is 5.97 Å². The number of carbonyl (C=O) groups excluding carboxylic acids is 1. The van der Waals surface area contributed by atoms with E-state index in [0.717, 1.165) is 12.3 Å². The van der Waals surface area contributed by atoms with Crippen LogP contribution in [-0.4, -0.2) is 22.8 Å². The van der Waals surface area contributed by atoms with Crippen molar-refractivity contribution in [1.82, 2.24) is 10.2 Å². The monoisotopic (exact) mass is 260 g/mol. The number of aromatic nitrogens is 2. The highest BCUT2D eigenvalue weighted by atomic mass is 35.5. The average Bonchev–Trinajstić information content (AvgIpc) is 3.05. The standard InChI is InChI=1S/C10H10Cl2N2O2/c11-8-5-7(9(12)14-13-8)10(15)16-4-3-6-1-2-6/h5-6H,1-4H2. The van der Waals surface area contributed by atoms with Crippen LogP contribution in [0, 0.1) is 5.92 Å². The number of ether oxygens (including phenoxy) is 1. The fraction of sp³-hybridized carbons (Fsp3) is 0.500. The number of hydrogen-bond acceptors (Lipinski definition) is 4. The Bertz CT molecular complexity index is 408. The predicted molar refractivity (Wildman–Crippen MR) is 59.7 cm³/mol. The molecule has 0 aliphatic heterocycles. The van der Waals surface area contributed by atoms with Crippen molar-refractivity contribution in [2.75, 3.05) is 6.61 Å². The lowest BCUT2D eigenvalue weighted by Crippen LogP contribution is -2.09. The van der Waals surface area contributed by atoms with Crippen molar-refractivity contribution in [3.63, 3.8) is 0 Å². The number of carbonyl (C=O) groups is 1. The molecular formula is C10H10Cl2N2O2. The number of halogens is 2. The van der Waals surface area contributed by atoms with Crippen molar-refractivity contribution in [1.29, 1.82) is 0 Å². The van der Waals surface area contributed by atoms with E-state index in [1.165, 1.54) is 18.9 Å². The summed E-state index contributed by atoms with van der Waals surface area (Å²) in [6.45, 7) is 0.416. The van der Waals surface area contributed by atoms with Crippen molar-refractivity contribution in [2.45, 2.75) is 19.3 Å². The van der Waals surface area contributed by atoms with Gasteiger partial charge in [-0.05, 0) is 18.4 Å². The van der Waals surface area contributed by atoms with Crippen molar-refractivity contribution < 1.29 is 9.53 Å². The Hall–Kier alpha value is -0.870. The largest absolute Gasteiger partial charge is 0.462 e. The summed E-state index contributed by atoms with van der Waals surface area (Å²) < 4.78 is 5.06. The summed E-state index contributed by atoms with van der Waals surface area (Å²) in [6.07, 6.45) is 3.39. The molecule has 4 nitrogen and oxygen atoms in total. The number of nitrogens with zero attached hydrogens (tertiary/aromatic N) is 2. The topological polar surface area (TPSA) is 52.1 Å². The molecule has 86 valence electrons. The molecule has 2 rings (SSSR count). The van der Waals surface area contributed by atoms with E-state index in [0.29, 0.717) is 6.61 Å². The summed E-state index contributed by atoms with van der Waals surface area (Å²) >= 11 is 11.3. The fourth-order valence-corrected chi connectivity index (χ4v) is 1.62. The predicted octanol–water partition coefficient (Wildman–Crippen LogP) is 2.74. The molecule has 0 aromatic carbocycles. The van der Waals surface area contributed by atoms with Gasteiger partial charge in [-0.1, -0.05) is 36.0 Å². The summed E-state index contributed by atoms with van der Waals surface area (Å²) in [5, 5.41) is 7.19. The third-order valence-corrected chi connectivity index (χ3v) is 2.86. The molecule has 1 aromatic rings. The molecule has 0 radical (unpaired) electrons. The molecule has 0 atom stereocenters. The van der Waals surface area contributed by atoms with Gasteiger partial charge < -0.3 is 4.74 Å². The van der Waals surface area contributed by atoms with Gasteiger partial charge in [-0.2, -0.15) is 0 Å². The second-order valence-corrected chi connectivity index (χ2v) is 4.48. The Balaban J connectivity index is 1.93. The number of hydrogen-bond donors (Lipinski definition) is 0. The van der Waals surface area contributed by atoms with Crippen LogP contribution in [0.25, 0.3) is 0 Å². The summed E-state index contributed by atoms with van der Waals surface area (Å²) in [4.78, 5) is 11.6. The van der Waals surface area contributed by atoms with E-state index >= 15 is 0 Å². The lowest BCUT2D eigenvalue weighted by atomic mass is 10.3. The van der Waals surface area contributed by atoms with Crippen LogP contribution >= 0.6 is 23.2 Å². The Labute approximate surface area is 103 Å². The second kappa shape index (κ2) is 4.97. The maximum Gasteiger partial charge on any atom is 0.341 e. The van der Waals surface area contributed by atoms with Crippen LogP contribution in [-0.2, 0) is 4.74 Å². The molecule has 1 fully saturated rings. The molecule has 0 N–H and O–H groups in total. The summed E-state index contributed by atoms with van der Waals surface area (Å²) in [5.74, 6) is 0.227. The van der Waals surface area contributed by atoms with Gasteiger partial charge in [0.2, 0.25) is 0 Å². The van der Waals surface area contributed by atoms with Crippen molar-refractivity contribution in [3.05, 3.63) is 21.9 Å². The highest BCUT2D eigenvalue weighted by molar-refractivity contribution is 6.33. The van der Waals surface area contributed by atoms with Crippen LogP contribution in [0.2, 0.25) is 10.3 Å². The first-order valence-corrected chi connectivity index (χ1v) is 5.78. The van der Waals surface area contributed by atoms with E-state index in [1.807, 2.05) is 0 Å². The maximum atomic E-state index is 11.6. The summed E-state index contributed by atoms with van der Waals surface area (Å²) in [6, 6.07) is 1.36. The molecule has 0 bridgehead atoms. The minimum absolute atomic E-state index is 0.0146. The third-order valence-electron chi connectivity index (χ3n) is 2.40. The molecule has 1 heterocycles. The molecule has 0 saturated heterocycles. The molecule has 0 unspecified atom stereocenters. The zero-order chi connectivity index (χ0) is 11.5. The Morgan fingerprint density at radius 1 is 1.44 bits per heavy atom. The van der Waals surface area contributed by atoms with Gasteiger partial charge in [-0.25, -0.2) is 4.79 Å². The molecule has 6 heteroatoms. The first-order chi connectivity index (χ1) is 7.66. The van der Waals surface area contributed by atoms with Gasteiger partial charge in [-0.15, -0.1) is 10.2 Å². The number of esters is 1. The van der Waals surface area contributed by atoms with Crippen LogP contribution in [0.15, 0.2) is 6.07 Å². The summed E-state index contributed by atoms with van der Waals surface area (Å²) in [7, 11) is 0. The quantitative estimate of drug-likeness (QED) is 0.782. The van der Waals surface area contributed by atoms with Gasteiger partial charge in [0.05, 0.1) is 6.61 Å². The van der Waals surface area contributed by atoms with E-state index in [9.17, 15) is 4.79 Å². The Kier molecular flexibility index (Phi) is 3.61.